The van der Waals surface area contributed by atoms with Crippen molar-refractivity contribution in [1.29, 1.82) is 0 Å². The van der Waals surface area contributed by atoms with Crippen LogP contribution in [0.5, 0.6) is 0 Å². The molecule has 178 valence electrons. The van der Waals surface area contributed by atoms with Gasteiger partial charge in [0.05, 0.1) is 17.8 Å². The molecule has 2 aliphatic heterocycles. The predicted octanol–water partition coefficient (Wildman–Crippen LogP) is 4.50. The maximum absolute atomic E-state index is 11.1. The number of aromatic nitrogens is 2. The lowest BCUT2D eigenvalue weighted by atomic mass is 9.91. The van der Waals surface area contributed by atoms with Crippen LogP contribution < -0.4 is 5.32 Å². The van der Waals surface area contributed by atoms with Gasteiger partial charge in [0, 0.05) is 17.8 Å². The number of carbonyl (C=O) groups is 1. The number of carboxylic acid groups (broad SMARTS) is 1. The molecular weight excluding hydrogens is 412 g/mol. The smallest absolute Gasteiger partial charge is 0.317 e. The first-order valence-corrected chi connectivity index (χ1v) is 13.0. The van der Waals surface area contributed by atoms with Crippen LogP contribution in [0.25, 0.3) is 17.0 Å². The summed E-state index contributed by atoms with van der Waals surface area (Å²) >= 11 is 0. The fraction of sp³-hybridized carbons (Fsp3) is 0.630. The fourth-order valence-electron chi connectivity index (χ4n) is 6.04. The Morgan fingerprint density at radius 2 is 1.85 bits per heavy atom. The van der Waals surface area contributed by atoms with E-state index in [2.05, 4.69) is 45.2 Å². The molecular formula is C27H38N4O2. The average molecular weight is 451 g/mol. The Morgan fingerprint density at radius 1 is 1.09 bits per heavy atom. The zero-order valence-corrected chi connectivity index (χ0v) is 19.7. The molecule has 5 rings (SSSR count). The number of benzene rings is 1. The van der Waals surface area contributed by atoms with Gasteiger partial charge in [-0.1, -0.05) is 37.1 Å². The van der Waals surface area contributed by atoms with E-state index < -0.39 is 5.97 Å². The zero-order valence-electron chi connectivity index (χ0n) is 19.7. The van der Waals surface area contributed by atoms with Crippen LogP contribution in [0.4, 0.5) is 0 Å². The molecule has 0 radical (unpaired) electrons. The van der Waals surface area contributed by atoms with Crippen molar-refractivity contribution in [2.75, 3.05) is 32.7 Å². The Bertz CT molecular complexity index is 977. The van der Waals surface area contributed by atoms with E-state index in [9.17, 15) is 4.79 Å². The van der Waals surface area contributed by atoms with E-state index in [4.69, 9.17) is 10.2 Å². The summed E-state index contributed by atoms with van der Waals surface area (Å²) in [5.74, 6) is 1.10. The van der Waals surface area contributed by atoms with Crippen LogP contribution in [0.2, 0.25) is 0 Å². The van der Waals surface area contributed by atoms with Gasteiger partial charge in [-0.15, -0.1) is 0 Å². The third kappa shape index (κ3) is 5.49. The normalized spacial score (nSPS) is 22.1. The number of hydrogen-bond acceptors (Lipinski definition) is 4. The Morgan fingerprint density at radius 3 is 2.58 bits per heavy atom. The van der Waals surface area contributed by atoms with Gasteiger partial charge in [0.2, 0.25) is 0 Å². The monoisotopic (exact) mass is 450 g/mol. The second-order valence-electron chi connectivity index (χ2n) is 10.4. The fourth-order valence-corrected chi connectivity index (χ4v) is 6.04. The molecule has 2 saturated heterocycles. The molecule has 6 heteroatoms. The van der Waals surface area contributed by atoms with Gasteiger partial charge < -0.3 is 10.4 Å². The van der Waals surface area contributed by atoms with Crippen molar-refractivity contribution in [2.24, 2.45) is 11.8 Å². The summed E-state index contributed by atoms with van der Waals surface area (Å²) in [6, 6.07) is 6.89. The molecule has 1 saturated carbocycles. The van der Waals surface area contributed by atoms with E-state index >= 15 is 0 Å². The second-order valence-corrected chi connectivity index (χ2v) is 10.4. The van der Waals surface area contributed by atoms with Crippen molar-refractivity contribution in [3.8, 4) is 0 Å². The number of nitrogens with zero attached hydrogens (tertiary/aromatic N) is 3. The highest BCUT2D eigenvalue weighted by Crippen LogP contribution is 2.35. The first kappa shape index (κ1) is 22.6. The summed E-state index contributed by atoms with van der Waals surface area (Å²) in [5, 5.41) is 19.1. The summed E-state index contributed by atoms with van der Waals surface area (Å²) in [5.41, 5.74) is 3.78. The van der Waals surface area contributed by atoms with Crippen LogP contribution in [-0.4, -0.2) is 58.5 Å². The lowest BCUT2D eigenvalue weighted by molar-refractivity contribution is -0.138. The molecule has 6 nitrogen and oxygen atoms in total. The topological polar surface area (TPSA) is 70.4 Å². The van der Waals surface area contributed by atoms with Crippen LogP contribution >= 0.6 is 0 Å². The molecule has 0 atom stereocenters. The molecule has 1 aliphatic carbocycles. The molecule has 1 aromatic heterocycles. The lowest BCUT2D eigenvalue weighted by Gasteiger charge is -2.30. The molecule has 1 aromatic carbocycles. The molecule has 0 bridgehead atoms. The van der Waals surface area contributed by atoms with Crippen LogP contribution in [0.3, 0.4) is 0 Å². The minimum absolute atomic E-state index is 0.149. The average Bonchev–Trinajstić information content (AvgIpc) is 3.47. The van der Waals surface area contributed by atoms with Gasteiger partial charge in [0.1, 0.15) is 0 Å². The van der Waals surface area contributed by atoms with Crippen LogP contribution in [-0.2, 0) is 11.3 Å². The van der Waals surface area contributed by atoms with Crippen molar-refractivity contribution >= 4 is 22.9 Å². The standard InChI is InChI=1S/C27H38N4O2/c32-26(33)19-30-15-11-23(12-16-30)27-24-8-7-21(6-5-20-9-13-28-14-10-20)17-25(24)31(29-27)18-22-3-1-2-4-22/h5-8,17,20,22-23,28H,1-4,9-16,18-19H2,(H,32,33)/b6-5+. The van der Waals surface area contributed by atoms with Crippen molar-refractivity contribution in [3.63, 3.8) is 0 Å². The largest absolute Gasteiger partial charge is 0.480 e. The number of aliphatic carboxylic acids is 1. The summed E-state index contributed by atoms with van der Waals surface area (Å²) in [6.07, 6.45) is 14.5. The first-order chi connectivity index (χ1) is 16.2. The maximum atomic E-state index is 11.1. The molecule has 33 heavy (non-hydrogen) atoms. The summed E-state index contributed by atoms with van der Waals surface area (Å²) < 4.78 is 2.30. The molecule has 2 aromatic rings. The quantitative estimate of drug-likeness (QED) is 0.650. The van der Waals surface area contributed by atoms with E-state index in [1.54, 1.807) is 0 Å². The minimum Gasteiger partial charge on any atom is -0.480 e. The van der Waals surface area contributed by atoms with Crippen molar-refractivity contribution in [2.45, 2.75) is 63.8 Å². The number of nitrogens with one attached hydrogen (secondary N) is 1. The van der Waals surface area contributed by atoms with Crippen molar-refractivity contribution < 1.29 is 9.90 Å². The number of hydrogen-bond donors (Lipinski definition) is 2. The SMILES string of the molecule is O=C(O)CN1CCC(c2nn(CC3CCCC3)c3cc(/C=C/C4CCNCC4)ccc23)CC1. The Balaban J connectivity index is 1.39. The lowest BCUT2D eigenvalue weighted by Crippen LogP contribution is -2.36. The van der Waals surface area contributed by atoms with E-state index in [-0.39, 0.29) is 6.54 Å². The minimum atomic E-state index is -0.732. The van der Waals surface area contributed by atoms with E-state index in [0.29, 0.717) is 11.8 Å². The van der Waals surface area contributed by atoms with Gasteiger partial charge in [-0.05, 0) is 88.2 Å². The van der Waals surface area contributed by atoms with E-state index in [0.717, 1.165) is 51.5 Å². The molecule has 2 N–H and O–H groups in total. The van der Waals surface area contributed by atoms with Gasteiger partial charge >= 0.3 is 5.97 Å². The Labute approximate surface area is 197 Å². The molecule has 3 fully saturated rings. The number of rotatable bonds is 7. The van der Waals surface area contributed by atoms with E-state index in [1.165, 1.54) is 60.7 Å². The first-order valence-electron chi connectivity index (χ1n) is 13.0. The maximum Gasteiger partial charge on any atom is 0.317 e. The molecule has 0 amide bonds. The highest BCUT2D eigenvalue weighted by molar-refractivity contribution is 5.85. The molecule has 3 aliphatic rings. The summed E-state index contributed by atoms with van der Waals surface area (Å²) in [4.78, 5) is 13.1. The van der Waals surface area contributed by atoms with Crippen LogP contribution in [0.15, 0.2) is 24.3 Å². The summed E-state index contributed by atoms with van der Waals surface area (Å²) in [7, 11) is 0. The van der Waals surface area contributed by atoms with Gasteiger partial charge in [0.15, 0.2) is 0 Å². The van der Waals surface area contributed by atoms with Gasteiger partial charge in [-0.2, -0.15) is 5.10 Å². The third-order valence-electron chi connectivity index (χ3n) is 7.99. The van der Waals surface area contributed by atoms with Crippen LogP contribution in [0, 0.1) is 11.8 Å². The van der Waals surface area contributed by atoms with E-state index in [1.807, 2.05) is 0 Å². The van der Waals surface area contributed by atoms with Crippen molar-refractivity contribution in [3.05, 3.63) is 35.5 Å². The third-order valence-corrected chi connectivity index (χ3v) is 7.99. The number of likely N-dealkylation sites (tertiary alicyclic amines) is 1. The van der Waals surface area contributed by atoms with Gasteiger partial charge in [0.25, 0.3) is 0 Å². The number of carboxylic acids is 1. The Kier molecular flexibility index (Phi) is 7.12. The molecule has 3 heterocycles. The number of piperidine rings is 2. The zero-order chi connectivity index (χ0) is 22.6. The second kappa shape index (κ2) is 10.4. The predicted molar refractivity (Wildman–Crippen MR) is 132 cm³/mol. The molecule has 0 unspecified atom stereocenters. The number of fused-ring (bicyclic) bond motifs is 1. The number of allylic oxidation sites excluding steroid dienone is 1. The Hall–Kier alpha value is -2.18. The van der Waals surface area contributed by atoms with Gasteiger partial charge in [-0.25, -0.2) is 0 Å². The van der Waals surface area contributed by atoms with Crippen LogP contribution in [0.1, 0.15) is 68.5 Å². The summed E-state index contributed by atoms with van der Waals surface area (Å²) in [6.45, 7) is 5.09. The highest BCUT2D eigenvalue weighted by atomic mass is 16.4. The highest BCUT2D eigenvalue weighted by Gasteiger charge is 2.27. The van der Waals surface area contributed by atoms with Crippen molar-refractivity contribution in [1.82, 2.24) is 20.0 Å². The van der Waals surface area contributed by atoms with Gasteiger partial charge in [-0.3, -0.25) is 14.4 Å². The molecule has 0 spiro atoms.